The zero-order valence-electron chi connectivity index (χ0n) is 12.1. The number of rotatable bonds is 5. The maximum Gasteiger partial charge on any atom is 0.239 e. The molecule has 0 radical (unpaired) electrons. The molecule has 1 N–H and O–H groups in total. The molecular weight excluding hydrogens is 302 g/mol. The lowest BCUT2D eigenvalue weighted by Gasteiger charge is -2.25. The van der Waals surface area contributed by atoms with E-state index in [0.717, 1.165) is 17.7 Å². The van der Waals surface area contributed by atoms with Gasteiger partial charge in [0.1, 0.15) is 6.26 Å². The fourth-order valence-corrected chi connectivity index (χ4v) is 3.00. The van der Waals surface area contributed by atoms with Crippen LogP contribution in [0.5, 0.6) is 0 Å². The van der Waals surface area contributed by atoms with Crippen LogP contribution in [-0.2, 0) is 16.1 Å². The maximum atomic E-state index is 11.9. The minimum Gasteiger partial charge on any atom is -0.443 e. The minimum absolute atomic E-state index is 0.0582. The van der Waals surface area contributed by atoms with Crippen molar-refractivity contribution in [2.45, 2.75) is 25.8 Å². The van der Waals surface area contributed by atoms with Crippen LogP contribution in [0.4, 0.5) is 0 Å². The first kappa shape index (κ1) is 14.8. The SMILES string of the molecule is O=C(CN1CCCCC1=O)NCc1coc(-c2cccs2)n1. The predicted molar refractivity (Wildman–Crippen MR) is 82.1 cm³/mol. The molecule has 2 aromatic rings. The van der Waals surface area contributed by atoms with Gasteiger partial charge >= 0.3 is 0 Å². The van der Waals surface area contributed by atoms with Gasteiger partial charge in [-0.05, 0) is 24.3 Å². The average Bonchev–Trinajstić information content (AvgIpc) is 3.18. The number of carbonyl (C=O) groups is 2. The fourth-order valence-electron chi connectivity index (χ4n) is 2.35. The first-order valence-corrected chi connectivity index (χ1v) is 8.13. The van der Waals surface area contributed by atoms with Gasteiger partial charge < -0.3 is 14.6 Å². The molecule has 1 fully saturated rings. The van der Waals surface area contributed by atoms with Crippen LogP contribution < -0.4 is 5.32 Å². The van der Waals surface area contributed by atoms with Crippen LogP contribution in [0.15, 0.2) is 28.2 Å². The summed E-state index contributed by atoms with van der Waals surface area (Å²) in [7, 11) is 0. The number of hydrogen-bond donors (Lipinski definition) is 1. The molecule has 2 aromatic heterocycles. The summed E-state index contributed by atoms with van der Waals surface area (Å²) in [6, 6.07) is 3.86. The summed E-state index contributed by atoms with van der Waals surface area (Å²) in [5.74, 6) is 0.448. The van der Waals surface area contributed by atoms with Crippen LogP contribution >= 0.6 is 11.3 Å². The molecule has 116 valence electrons. The largest absolute Gasteiger partial charge is 0.443 e. The number of hydrogen-bond acceptors (Lipinski definition) is 5. The van der Waals surface area contributed by atoms with E-state index in [1.54, 1.807) is 22.5 Å². The molecule has 3 rings (SSSR count). The van der Waals surface area contributed by atoms with Crippen molar-refractivity contribution in [2.24, 2.45) is 0 Å². The van der Waals surface area contributed by atoms with Crippen LogP contribution in [0.25, 0.3) is 10.8 Å². The number of nitrogens with one attached hydrogen (secondary N) is 1. The Morgan fingerprint density at radius 2 is 2.36 bits per heavy atom. The van der Waals surface area contributed by atoms with E-state index in [4.69, 9.17) is 4.42 Å². The molecule has 0 saturated carbocycles. The standard InChI is InChI=1S/C15H17N3O3S/c19-13(9-18-6-2-1-5-14(18)20)16-8-11-10-21-15(17-11)12-4-3-7-22-12/h3-4,7,10H,1-2,5-6,8-9H2,(H,16,19). The van der Waals surface area contributed by atoms with Gasteiger partial charge in [0.15, 0.2) is 0 Å². The van der Waals surface area contributed by atoms with Crippen molar-refractivity contribution in [3.8, 4) is 10.8 Å². The Morgan fingerprint density at radius 1 is 1.45 bits per heavy atom. The molecule has 0 bridgehead atoms. The third-order valence-corrected chi connectivity index (χ3v) is 4.36. The Bertz CT molecular complexity index is 651. The van der Waals surface area contributed by atoms with E-state index in [1.165, 1.54) is 0 Å². The van der Waals surface area contributed by atoms with E-state index in [2.05, 4.69) is 10.3 Å². The second kappa shape index (κ2) is 6.74. The van der Waals surface area contributed by atoms with Gasteiger partial charge in [0.05, 0.1) is 23.7 Å². The van der Waals surface area contributed by atoms with Crippen molar-refractivity contribution in [2.75, 3.05) is 13.1 Å². The van der Waals surface area contributed by atoms with Crippen LogP contribution in [-0.4, -0.2) is 34.8 Å². The van der Waals surface area contributed by atoms with Gasteiger partial charge in [-0.25, -0.2) is 4.98 Å². The van der Waals surface area contributed by atoms with E-state index in [0.29, 0.717) is 31.1 Å². The zero-order chi connectivity index (χ0) is 15.4. The molecule has 2 amide bonds. The topological polar surface area (TPSA) is 75.4 Å². The lowest BCUT2D eigenvalue weighted by molar-refractivity contribution is -0.137. The number of carbonyl (C=O) groups excluding carboxylic acids is 2. The van der Waals surface area contributed by atoms with Gasteiger partial charge in [0.25, 0.3) is 0 Å². The van der Waals surface area contributed by atoms with Gasteiger partial charge in [0, 0.05) is 13.0 Å². The van der Waals surface area contributed by atoms with Crippen LogP contribution in [0.2, 0.25) is 0 Å². The quantitative estimate of drug-likeness (QED) is 0.915. The van der Waals surface area contributed by atoms with Gasteiger partial charge in [-0.15, -0.1) is 11.3 Å². The van der Waals surface area contributed by atoms with E-state index < -0.39 is 0 Å². The molecule has 1 aliphatic rings. The summed E-state index contributed by atoms with van der Waals surface area (Å²) >= 11 is 1.55. The molecule has 0 spiro atoms. The first-order chi connectivity index (χ1) is 10.7. The highest BCUT2D eigenvalue weighted by atomic mass is 32.1. The lowest BCUT2D eigenvalue weighted by atomic mass is 10.1. The molecule has 0 aromatic carbocycles. The molecule has 3 heterocycles. The summed E-state index contributed by atoms with van der Waals surface area (Å²) in [5.41, 5.74) is 0.668. The summed E-state index contributed by atoms with van der Waals surface area (Å²) in [5, 5.41) is 4.73. The number of amides is 2. The summed E-state index contributed by atoms with van der Waals surface area (Å²) in [6.07, 6.45) is 3.97. The Morgan fingerprint density at radius 3 is 3.14 bits per heavy atom. The van der Waals surface area contributed by atoms with Crippen molar-refractivity contribution in [3.63, 3.8) is 0 Å². The van der Waals surface area contributed by atoms with Crippen molar-refractivity contribution < 1.29 is 14.0 Å². The van der Waals surface area contributed by atoms with Gasteiger partial charge in [-0.2, -0.15) is 0 Å². The van der Waals surface area contributed by atoms with Crippen LogP contribution in [0.3, 0.4) is 0 Å². The Kier molecular flexibility index (Phi) is 4.53. The molecule has 7 heteroatoms. The lowest BCUT2D eigenvalue weighted by Crippen LogP contribution is -2.42. The second-order valence-electron chi connectivity index (χ2n) is 5.17. The number of piperidine rings is 1. The van der Waals surface area contributed by atoms with E-state index >= 15 is 0 Å². The third-order valence-electron chi connectivity index (χ3n) is 3.51. The second-order valence-corrected chi connectivity index (χ2v) is 6.12. The van der Waals surface area contributed by atoms with E-state index in [1.807, 2.05) is 17.5 Å². The van der Waals surface area contributed by atoms with Gasteiger partial charge in [-0.1, -0.05) is 6.07 Å². The summed E-state index contributed by atoms with van der Waals surface area (Å²) in [6.45, 7) is 1.09. The minimum atomic E-state index is -0.170. The van der Waals surface area contributed by atoms with Crippen LogP contribution in [0.1, 0.15) is 25.0 Å². The molecule has 1 saturated heterocycles. The summed E-state index contributed by atoms with van der Waals surface area (Å²) < 4.78 is 5.39. The number of oxazole rings is 1. The molecule has 0 atom stereocenters. The Hall–Kier alpha value is -2.15. The fraction of sp³-hybridized carbons (Fsp3) is 0.400. The highest BCUT2D eigenvalue weighted by Gasteiger charge is 2.20. The average molecular weight is 319 g/mol. The monoisotopic (exact) mass is 319 g/mol. The number of aromatic nitrogens is 1. The predicted octanol–water partition coefficient (Wildman–Crippen LogP) is 2.03. The maximum absolute atomic E-state index is 11.9. The van der Waals surface area contributed by atoms with Gasteiger partial charge in [0.2, 0.25) is 17.7 Å². The molecule has 6 nitrogen and oxygen atoms in total. The molecule has 0 aliphatic carbocycles. The van der Waals surface area contributed by atoms with E-state index in [9.17, 15) is 9.59 Å². The van der Waals surface area contributed by atoms with Crippen molar-refractivity contribution in [1.82, 2.24) is 15.2 Å². The summed E-state index contributed by atoms with van der Waals surface area (Å²) in [4.78, 5) is 30.5. The number of thiophene rings is 1. The smallest absolute Gasteiger partial charge is 0.239 e. The van der Waals surface area contributed by atoms with Gasteiger partial charge in [-0.3, -0.25) is 9.59 Å². The van der Waals surface area contributed by atoms with Crippen LogP contribution in [0, 0.1) is 0 Å². The third kappa shape index (κ3) is 3.54. The van der Waals surface area contributed by atoms with Crippen molar-refractivity contribution in [1.29, 1.82) is 0 Å². The Labute approximate surface area is 132 Å². The number of likely N-dealkylation sites (tertiary alicyclic amines) is 1. The molecule has 0 unspecified atom stereocenters. The normalized spacial score (nSPS) is 15.1. The molecular formula is C15H17N3O3S. The van der Waals surface area contributed by atoms with Crippen molar-refractivity contribution >= 4 is 23.2 Å². The van der Waals surface area contributed by atoms with E-state index in [-0.39, 0.29) is 18.4 Å². The molecule has 1 aliphatic heterocycles. The molecule has 22 heavy (non-hydrogen) atoms. The zero-order valence-corrected chi connectivity index (χ0v) is 12.9. The van der Waals surface area contributed by atoms with Crippen molar-refractivity contribution in [3.05, 3.63) is 29.5 Å². The highest BCUT2D eigenvalue weighted by molar-refractivity contribution is 7.13. The Balaban J connectivity index is 1.50. The highest BCUT2D eigenvalue weighted by Crippen LogP contribution is 2.23. The first-order valence-electron chi connectivity index (χ1n) is 7.25. The number of nitrogens with zero attached hydrogens (tertiary/aromatic N) is 2.